The number of carbonyl (C=O) groups is 1. The molecule has 0 aliphatic carbocycles. The van der Waals surface area contributed by atoms with Gasteiger partial charge in [-0.25, -0.2) is 4.79 Å². The molecule has 0 saturated carbocycles. The highest BCUT2D eigenvalue weighted by Gasteiger charge is 2.11. The summed E-state index contributed by atoms with van der Waals surface area (Å²) in [6, 6.07) is 0. The number of rotatable bonds is 1. The summed E-state index contributed by atoms with van der Waals surface area (Å²) < 4.78 is 4.68. The molecule has 3 heteroatoms. The lowest BCUT2D eigenvalue weighted by molar-refractivity contribution is -0.136. The standard InChI is InChI=1S/C5H6O3/c6-5(7)4-2-1-3-8-4/h2H,1,3H2,(H,6,7). The van der Waals surface area contributed by atoms with Gasteiger partial charge in [-0.05, 0) is 6.08 Å². The van der Waals surface area contributed by atoms with Gasteiger partial charge in [-0.2, -0.15) is 0 Å². The SMILES string of the molecule is O=C(O)C1=CCCO1. The van der Waals surface area contributed by atoms with E-state index < -0.39 is 5.97 Å². The molecule has 0 radical (unpaired) electrons. The highest BCUT2D eigenvalue weighted by Crippen LogP contribution is 2.07. The van der Waals surface area contributed by atoms with Gasteiger partial charge < -0.3 is 9.84 Å². The van der Waals surface area contributed by atoms with Crippen molar-refractivity contribution >= 4 is 5.97 Å². The molecule has 1 aliphatic heterocycles. The minimum Gasteiger partial charge on any atom is -0.486 e. The molecule has 0 aromatic rings. The second-order valence-corrected chi connectivity index (χ2v) is 1.51. The van der Waals surface area contributed by atoms with E-state index in [0.717, 1.165) is 6.42 Å². The fourth-order valence-corrected chi connectivity index (χ4v) is 0.567. The minimum atomic E-state index is -0.970. The van der Waals surface area contributed by atoms with Gasteiger partial charge in [0.2, 0.25) is 5.76 Å². The van der Waals surface area contributed by atoms with E-state index in [1.54, 1.807) is 6.08 Å². The van der Waals surface area contributed by atoms with Crippen LogP contribution in [0.5, 0.6) is 0 Å². The van der Waals surface area contributed by atoms with Crippen molar-refractivity contribution in [1.82, 2.24) is 0 Å². The van der Waals surface area contributed by atoms with Gasteiger partial charge in [-0.3, -0.25) is 0 Å². The van der Waals surface area contributed by atoms with E-state index in [1.807, 2.05) is 0 Å². The Labute approximate surface area is 46.6 Å². The van der Waals surface area contributed by atoms with Crippen LogP contribution in [-0.4, -0.2) is 17.7 Å². The first-order valence-electron chi connectivity index (χ1n) is 2.37. The number of aliphatic carboxylic acids is 1. The zero-order chi connectivity index (χ0) is 5.98. The summed E-state index contributed by atoms with van der Waals surface area (Å²) in [5, 5.41) is 8.22. The van der Waals surface area contributed by atoms with Gasteiger partial charge in [0, 0.05) is 6.42 Å². The van der Waals surface area contributed by atoms with Crippen LogP contribution in [0.4, 0.5) is 0 Å². The van der Waals surface area contributed by atoms with Crippen LogP contribution in [-0.2, 0) is 9.53 Å². The third kappa shape index (κ3) is 0.804. The smallest absolute Gasteiger partial charge is 0.370 e. The second kappa shape index (κ2) is 1.86. The summed E-state index contributed by atoms with van der Waals surface area (Å²) in [7, 11) is 0. The van der Waals surface area contributed by atoms with Gasteiger partial charge >= 0.3 is 5.97 Å². The summed E-state index contributed by atoms with van der Waals surface area (Å²) >= 11 is 0. The lowest BCUT2D eigenvalue weighted by Gasteiger charge is -1.92. The molecule has 1 rings (SSSR count). The zero-order valence-corrected chi connectivity index (χ0v) is 4.26. The molecule has 0 saturated heterocycles. The minimum absolute atomic E-state index is 0.0880. The molecule has 0 aromatic heterocycles. The van der Waals surface area contributed by atoms with Crippen molar-refractivity contribution in [3.63, 3.8) is 0 Å². The Morgan fingerprint density at radius 1 is 1.88 bits per heavy atom. The van der Waals surface area contributed by atoms with Crippen LogP contribution in [0.25, 0.3) is 0 Å². The summed E-state index contributed by atoms with van der Waals surface area (Å²) in [4.78, 5) is 10.0. The van der Waals surface area contributed by atoms with E-state index in [9.17, 15) is 4.79 Å². The van der Waals surface area contributed by atoms with Crippen LogP contribution in [0.3, 0.4) is 0 Å². The van der Waals surface area contributed by atoms with E-state index in [1.165, 1.54) is 0 Å². The van der Waals surface area contributed by atoms with Crippen LogP contribution in [0, 0.1) is 0 Å². The van der Waals surface area contributed by atoms with E-state index >= 15 is 0 Å². The first kappa shape index (κ1) is 5.15. The Morgan fingerprint density at radius 3 is 2.88 bits per heavy atom. The zero-order valence-electron chi connectivity index (χ0n) is 4.26. The van der Waals surface area contributed by atoms with Gasteiger partial charge in [0.25, 0.3) is 0 Å². The Morgan fingerprint density at radius 2 is 2.62 bits per heavy atom. The number of hydrogen-bond acceptors (Lipinski definition) is 2. The summed E-state index contributed by atoms with van der Waals surface area (Å²) in [6.07, 6.45) is 2.30. The average molecular weight is 114 g/mol. The van der Waals surface area contributed by atoms with Gasteiger partial charge in [-0.1, -0.05) is 0 Å². The topological polar surface area (TPSA) is 46.5 Å². The van der Waals surface area contributed by atoms with Gasteiger partial charge in [0.1, 0.15) is 0 Å². The number of carboxylic acid groups (broad SMARTS) is 1. The molecule has 0 fully saturated rings. The molecule has 3 nitrogen and oxygen atoms in total. The molecule has 44 valence electrons. The predicted octanol–water partition coefficient (Wildman–Crippen LogP) is 0.375. The maximum Gasteiger partial charge on any atom is 0.370 e. The molecule has 0 aromatic carbocycles. The second-order valence-electron chi connectivity index (χ2n) is 1.51. The van der Waals surface area contributed by atoms with Crippen LogP contribution >= 0.6 is 0 Å². The largest absolute Gasteiger partial charge is 0.486 e. The molecule has 8 heavy (non-hydrogen) atoms. The monoisotopic (exact) mass is 114 g/mol. The van der Waals surface area contributed by atoms with Crippen LogP contribution < -0.4 is 0 Å². The highest BCUT2D eigenvalue weighted by atomic mass is 16.5. The van der Waals surface area contributed by atoms with E-state index in [-0.39, 0.29) is 5.76 Å². The van der Waals surface area contributed by atoms with Crippen molar-refractivity contribution in [2.45, 2.75) is 6.42 Å². The first-order chi connectivity index (χ1) is 3.80. The Bertz CT molecular complexity index is 137. The van der Waals surface area contributed by atoms with Crippen molar-refractivity contribution in [3.8, 4) is 0 Å². The average Bonchev–Trinajstić information content (AvgIpc) is 2.12. The molecule has 0 amide bonds. The Balaban J connectivity index is 2.57. The first-order valence-corrected chi connectivity index (χ1v) is 2.37. The molecular weight excluding hydrogens is 108 g/mol. The quantitative estimate of drug-likeness (QED) is 0.535. The summed E-state index contributed by atoms with van der Waals surface area (Å²) in [5.74, 6) is -0.882. The van der Waals surface area contributed by atoms with Crippen LogP contribution in [0.1, 0.15) is 6.42 Å². The van der Waals surface area contributed by atoms with Crippen LogP contribution in [0.2, 0.25) is 0 Å². The van der Waals surface area contributed by atoms with E-state index in [0.29, 0.717) is 6.61 Å². The third-order valence-corrected chi connectivity index (χ3v) is 0.916. The molecule has 0 unspecified atom stereocenters. The molecule has 1 aliphatic rings. The number of carboxylic acids is 1. The van der Waals surface area contributed by atoms with Crippen molar-refractivity contribution in [3.05, 3.63) is 11.8 Å². The Hall–Kier alpha value is -0.990. The van der Waals surface area contributed by atoms with Gasteiger partial charge in [-0.15, -0.1) is 0 Å². The maximum atomic E-state index is 10.0. The number of hydrogen-bond donors (Lipinski definition) is 1. The van der Waals surface area contributed by atoms with Crippen molar-refractivity contribution in [1.29, 1.82) is 0 Å². The van der Waals surface area contributed by atoms with Crippen molar-refractivity contribution in [2.24, 2.45) is 0 Å². The van der Waals surface area contributed by atoms with Crippen molar-refractivity contribution < 1.29 is 14.6 Å². The Kier molecular flexibility index (Phi) is 1.20. The molecule has 0 bridgehead atoms. The van der Waals surface area contributed by atoms with Crippen LogP contribution in [0.15, 0.2) is 11.8 Å². The summed E-state index contributed by atoms with van der Waals surface area (Å²) in [5.41, 5.74) is 0. The maximum absolute atomic E-state index is 10.0. The fraction of sp³-hybridized carbons (Fsp3) is 0.400. The highest BCUT2D eigenvalue weighted by molar-refractivity contribution is 5.84. The normalized spacial score (nSPS) is 17.2. The van der Waals surface area contributed by atoms with Gasteiger partial charge in [0.15, 0.2) is 0 Å². The third-order valence-electron chi connectivity index (χ3n) is 0.916. The lowest BCUT2D eigenvalue weighted by atomic mass is 10.4. The molecule has 0 atom stereocenters. The molecule has 0 spiro atoms. The van der Waals surface area contributed by atoms with Crippen molar-refractivity contribution in [2.75, 3.05) is 6.61 Å². The molecular formula is C5H6O3. The predicted molar refractivity (Wildman–Crippen MR) is 26.3 cm³/mol. The van der Waals surface area contributed by atoms with E-state index in [4.69, 9.17) is 5.11 Å². The van der Waals surface area contributed by atoms with Gasteiger partial charge in [0.05, 0.1) is 6.61 Å². The molecule has 1 heterocycles. The summed E-state index contributed by atoms with van der Waals surface area (Å²) in [6.45, 7) is 0.516. The molecule has 1 N–H and O–H groups in total. The van der Waals surface area contributed by atoms with E-state index in [2.05, 4.69) is 4.74 Å². The lowest BCUT2D eigenvalue weighted by Crippen LogP contribution is -1.99. The fourth-order valence-electron chi connectivity index (χ4n) is 0.567. The number of ether oxygens (including phenoxy) is 1.